The van der Waals surface area contributed by atoms with E-state index in [9.17, 15) is 9.59 Å². The number of esters is 2. The van der Waals surface area contributed by atoms with Gasteiger partial charge in [0, 0.05) is 0 Å². The second kappa shape index (κ2) is 7.23. The fourth-order valence-corrected chi connectivity index (χ4v) is 4.39. The Morgan fingerprint density at radius 1 is 0.917 bits per heavy atom. The first-order chi connectivity index (χ1) is 11.6. The summed E-state index contributed by atoms with van der Waals surface area (Å²) >= 11 is 2.47. The number of hydrogen-bond donors (Lipinski definition) is 0. The summed E-state index contributed by atoms with van der Waals surface area (Å²) in [4.78, 5) is 33.4. The molecule has 0 bridgehead atoms. The van der Waals surface area contributed by atoms with Gasteiger partial charge < -0.3 is 9.47 Å². The molecule has 1 aliphatic heterocycles. The van der Waals surface area contributed by atoms with Crippen LogP contribution in [0.15, 0.2) is 44.1 Å². The third kappa shape index (κ3) is 3.25. The Bertz CT molecular complexity index is 785. The zero-order valence-corrected chi connectivity index (χ0v) is 14.7. The average Bonchev–Trinajstić information content (AvgIpc) is 2.95. The van der Waals surface area contributed by atoms with Gasteiger partial charge in [-0.05, 0) is 26.0 Å². The van der Waals surface area contributed by atoms with Crippen LogP contribution in [-0.4, -0.2) is 35.1 Å². The molecule has 0 radical (unpaired) electrons. The van der Waals surface area contributed by atoms with Crippen molar-refractivity contribution >= 4 is 46.5 Å². The average molecular weight is 362 g/mol. The molecule has 0 aliphatic carbocycles. The van der Waals surface area contributed by atoms with Crippen molar-refractivity contribution in [2.45, 2.75) is 23.9 Å². The molecule has 124 valence electrons. The Kier molecular flexibility index (Phi) is 5.06. The number of rotatable bonds is 4. The lowest BCUT2D eigenvalue weighted by Gasteiger charge is -2.08. The number of ether oxygens (including phenoxy) is 2. The van der Waals surface area contributed by atoms with E-state index in [0.29, 0.717) is 14.3 Å². The second-order valence-electron chi connectivity index (χ2n) is 4.63. The van der Waals surface area contributed by atoms with E-state index >= 15 is 0 Å². The van der Waals surface area contributed by atoms with Gasteiger partial charge in [-0.3, -0.25) is 0 Å². The first-order valence-electron chi connectivity index (χ1n) is 7.35. The van der Waals surface area contributed by atoms with Gasteiger partial charge in [0.2, 0.25) is 0 Å². The lowest BCUT2D eigenvalue weighted by atomic mass is 10.3. The molecule has 8 heteroatoms. The molecular formula is C16H14N2O4S2. The van der Waals surface area contributed by atoms with Gasteiger partial charge in [-0.25, -0.2) is 19.6 Å². The number of para-hydroxylation sites is 2. The van der Waals surface area contributed by atoms with Crippen LogP contribution in [-0.2, 0) is 19.1 Å². The van der Waals surface area contributed by atoms with Gasteiger partial charge in [0.25, 0.3) is 0 Å². The van der Waals surface area contributed by atoms with Crippen molar-refractivity contribution in [3.8, 4) is 0 Å². The highest BCUT2D eigenvalue weighted by Gasteiger charge is 2.32. The van der Waals surface area contributed by atoms with Crippen LogP contribution in [0.5, 0.6) is 0 Å². The fourth-order valence-electron chi connectivity index (χ4n) is 2.06. The van der Waals surface area contributed by atoms with Crippen LogP contribution in [0.25, 0.3) is 11.0 Å². The van der Waals surface area contributed by atoms with E-state index in [1.54, 1.807) is 13.8 Å². The number of carbonyl (C=O) groups is 2. The summed E-state index contributed by atoms with van der Waals surface area (Å²) in [6.07, 6.45) is 0. The molecule has 0 atom stereocenters. The number of nitrogens with zero attached hydrogens (tertiary/aromatic N) is 2. The molecule has 2 aromatic rings. The van der Waals surface area contributed by atoms with E-state index in [0.717, 1.165) is 11.0 Å². The lowest BCUT2D eigenvalue weighted by molar-refractivity contribution is -0.146. The molecular weight excluding hydrogens is 348 g/mol. The highest BCUT2D eigenvalue weighted by molar-refractivity contribution is 8.24. The van der Waals surface area contributed by atoms with E-state index in [4.69, 9.17) is 9.47 Å². The molecule has 3 rings (SSSR count). The Hall–Kier alpha value is -2.06. The molecule has 0 amide bonds. The maximum Gasteiger partial charge on any atom is 0.347 e. The van der Waals surface area contributed by atoms with Crippen LogP contribution in [0.2, 0.25) is 0 Å². The normalized spacial score (nSPS) is 12.8. The Balaban J connectivity index is 2.02. The van der Waals surface area contributed by atoms with Crippen molar-refractivity contribution in [2.24, 2.45) is 0 Å². The maximum atomic E-state index is 12.2. The molecule has 0 unspecified atom stereocenters. The SMILES string of the molecule is CCOC(=O)C(C(=O)OCC)=C1Sc2nc3ccccc3nc2S1. The number of aromatic nitrogens is 2. The minimum absolute atomic E-state index is 0.0995. The highest BCUT2D eigenvalue weighted by Crippen LogP contribution is 2.51. The minimum Gasteiger partial charge on any atom is -0.462 e. The number of benzene rings is 1. The predicted octanol–water partition coefficient (Wildman–Crippen LogP) is 3.17. The summed E-state index contributed by atoms with van der Waals surface area (Å²) in [5.74, 6) is -1.38. The summed E-state index contributed by atoms with van der Waals surface area (Å²) < 4.78 is 10.5. The number of fused-ring (bicyclic) bond motifs is 2. The zero-order chi connectivity index (χ0) is 17.1. The summed E-state index contributed by atoms with van der Waals surface area (Å²) in [6, 6.07) is 7.51. The molecule has 2 heterocycles. The van der Waals surface area contributed by atoms with Crippen LogP contribution in [0.1, 0.15) is 13.8 Å². The van der Waals surface area contributed by atoms with Crippen LogP contribution >= 0.6 is 23.5 Å². The van der Waals surface area contributed by atoms with E-state index in [2.05, 4.69) is 9.97 Å². The summed E-state index contributed by atoms with van der Waals surface area (Å²) in [6.45, 7) is 3.73. The first-order valence-corrected chi connectivity index (χ1v) is 8.98. The van der Waals surface area contributed by atoms with Gasteiger partial charge in [-0.1, -0.05) is 35.7 Å². The molecule has 0 saturated carbocycles. The number of hydrogen-bond acceptors (Lipinski definition) is 8. The van der Waals surface area contributed by atoms with Crippen molar-refractivity contribution in [3.05, 3.63) is 34.1 Å². The molecule has 0 saturated heterocycles. The molecule has 0 spiro atoms. The monoisotopic (exact) mass is 362 g/mol. The second-order valence-corrected chi connectivity index (χ2v) is 6.89. The summed E-state index contributed by atoms with van der Waals surface area (Å²) in [7, 11) is 0. The third-order valence-corrected chi connectivity index (χ3v) is 5.41. The van der Waals surface area contributed by atoms with E-state index in [-0.39, 0.29) is 18.8 Å². The number of carbonyl (C=O) groups excluding carboxylic acids is 2. The topological polar surface area (TPSA) is 78.4 Å². The van der Waals surface area contributed by atoms with Gasteiger partial charge in [-0.2, -0.15) is 0 Å². The zero-order valence-electron chi connectivity index (χ0n) is 13.1. The van der Waals surface area contributed by atoms with Crippen molar-refractivity contribution < 1.29 is 19.1 Å². The van der Waals surface area contributed by atoms with Gasteiger partial charge in [0.1, 0.15) is 10.1 Å². The lowest BCUT2D eigenvalue weighted by Crippen LogP contribution is -2.19. The smallest absolute Gasteiger partial charge is 0.347 e. The van der Waals surface area contributed by atoms with Gasteiger partial charge in [0.15, 0.2) is 5.57 Å². The Morgan fingerprint density at radius 3 is 1.79 bits per heavy atom. The van der Waals surface area contributed by atoms with Crippen LogP contribution in [0, 0.1) is 0 Å². The van der Waals surface area contributed by atoms with Gasteiger partial charge in [0.05, 0.1) is 28.5 Å². The Labute approximate surface area is 147 Å². The molecule has 0 N–H and O–H groups in total. The van der Waals surface area contributed by atoms with Crippen molar-refractivity contribution in [2.75, 3.05) is 13.2 Å². The fraction of sp³-hybridized carbons (Fsp3) is 0.250. The molecule has 1 aromatic heterocycles. The van der Waals surface area contributed by atoms with Crippen molar-refractivity contribution in [1.29, 1.82) is 0 Å². The summed E-state index contributed by atoms with van der Waals surface area (Å²) in [5, 5.41) is 1.33. The van der Waals surface area contributed by atoms with E-state index < -0.39 is 11.9 Å². The number of thioether (sulfide) groups is 2. The maximum absolute atomic E-state index is 12.2. The van der Waals surface area contributed by atoms with Crippen molar-refractivity contribution in [3.63, 3.8) is 0 Å². The molecule has 1 aliphatic rings. The van der Waals surface area contributed by atoms with E-state index in [1.807, 2.05) is 24.3 Å². The van der Waals surface area contributed by atoms with Gasteiger partial charge >= 0.3 is 11.9 Å². The quantitative estimate of drug-likeness (QED) is 0.355. The van der Waals surface area contributed by atoms with Crippen molar-refractivity contribution in [1.82, 2.24) is 9.97 Å². The predicted molar refractivity (Wildman–Crippen MR) is 91.5 cm³/mol. The molecule has 24 heavy (non-hydrogen) atoms. The molecule has 0 fully saturated rings. The van der Waals surface area contributed by atoms with Crippen LogP contribution < -0.4 is 0 Å². The largest absolute Gasteiger partial charge is 0.462 e. The van der Waals surface area contributed by atoms with Gasteiger partial charge in [-0.15, -0.1) is 0 Å². The Morgan fingerprint density at radius 2 is 1.38 bits per heavy atom. The summed E-state index contributed by atoms with van der Waals surface area (Å²) in [5.41, 5.74) is 1.43. The third-order valence-electron chi connectivity index (χ3n) is 3.05. The minimum atomic E-state index is -0.691. The van der Waals surface area contributed by atoms with Crippen LogP contribution in [0.3, 0.4) is 0 Å². The van der Waals surface area contributed by atoms with E-state index in [1.165, 1.54) is 23.5 Å². The van der Waals surface area contributed by atoms with Crippen LogP contribution in [0.4, 0.5) is 0 Å². The standard InChI is InChI=1S/C16H14N2O4S2/c1-3-21-14(19)11(15(20)22-4-2)16-23-12-13(24-16)18-10-8-6-5-7-9(10)17-12/h5-8H,3-4H2,1-2H3. The first kappa shape index (κ1) is 16.8. The molecule has 6 nitrogen and oxygen atoms in total. The molecule has 1 aromatic carbocycles. The highest BCUT2D eigenvalue weighted by atomic mass is 32.2.